The van der Waals surface area contributed by atoms with Crippen LogP contribution in [0.15, 0.2) is 18.2 Å². The van der Waals surface area contributed by atoms with Gasteiger partial charge in [0.1, 0.15) is 5.56 Å². The van der Waals surface area contributed by atoms with E-state index in [1.807, 2.05) is 6.92 Å². The fourth-order valence-electron chi connectivity index (χ4n) is 2.58. The van der Waals surface area contributed by atoms with Crippen molar-refractivity contribution in [3.05, 3.63) is 23.8 Å². The summed E-state index contributed by atoms with van der Waals surface area (Å²) in [4.78, 5) is 25.0. The molecule has 6 nitrogen and oxygen atoms in total. The molecule has 21 heavy (non-hydrogen) atoms. The Kier molecular flexibility index (Phi) is 4.35. The topological polar surface area (TPSA) is 89.9 Å². The molecule has 1 fully saturated rings. The summed E-state index contributed by atoms with van der Waals surface area (Å²) >= 11 is 0. The smallest absolute Gasteiger partial charge is 0.339 e. The highest BCUT2D eigenvalue weighted by atomic mass is 16.4. The summed E-state index contributed by atoms with van der Waals surface area (Å²) in [5.74, 6) is -1.22. The first kappa shape index (κ1) is 15.2. The molecule has 2 amide bonds. The molecule has 3 N–H and O–H groups in total. The van der Waals surface area contributed by atoms with E-state index >= 15 is 0 Å². The van der Waals surface area contributed by atoms with Crippen molar-refractivity contribution in [2.24, 2.45) is 5.92 Å². The standard InChI is InChI=1S/C15H20N2O4/c1-9-6-7-10(2)17(8-9)15(21)16-12-5-3-4-11(13(12)18)14(19)20/h3-5,9-10,18H,6-8H2,1-2H3,(H,16,21)(H,19,20). The van der Waals surface area contributed by atoms with Crippen LogP contribution >= 0.6 is 0 Å². The monoisotopic (exact) mass is 292 g/mol. The van der Waals surface area contributed by atoms with Gasteiger partial charge in [-0.3, -0.25) is 0 Å². The van der Waals surface area contributed by atoms with Crippen LogP contribution in [0.2, 0.25) is 0 Å². The van der Waals surface area contributed by atoms with E-state index < -0.39 is 11.7 Å². The van der Waals surface area contributed by atoms with Crippen molar-refractivity contribution < 1.29 is 19.8 Å². The van der Waals surface area contributed by atoms with Gasteiger partial charge < -0.3 is 20.4 Å². The Morgan fingerprint density at radius 2 is 2.00 bits per heavy atom. The summed E-state index contributed by atoms with van der Waals surface area (Å²) < 4.78 is 0. The van der Waals surface area contributed by atoms with E-state index in [1.54, 1.807) is 4.90 Å². The summed E-state index contributed by atoms with van der Waals surface area (Å²) in [7, 11) is 0. The molecule has 6 heteroatoms. The molecular formula is C15H20N2O4. The quantitative estimate of drug-likeness (QED) is 0.731. The van der Waals surface area contributed by atoms with Crippen LogP contribution in [0.25, 0.3) is 0 Å². The van der Waals surface area contributed by atoms with Gasteiger partial charge in [-0.2, -0.15) is 0 Å². The molecule has 1 saturated heterocycles. The first-order valence-electron chi connectivity index (χ1n) is 7.03. The molecular weight excluding hydrogens is 272 g/mol. The number of aromatic hydroxyl groups is 1. The number of carbonyl (C=O) groups excluding carboxylic acids is 1. The molecule has 1 aromatic carbocycles. The minimum Gasteiger partial charge on any atom is -0.505 e. The third-order valence-electron chi connectivity index (χ3n) is 3.89. The van der Waals surface area contributed by atoms with Crippen molar-refractivity contribution in [2.75, 3.05) is 11.9 Å². The largest absolute Gasteiger partial charge is 0.505 e. The highest BCUT2D eigenvalue weighted by molar-refractivity contribution is 5.97. The van der Waals surface area contributed by atoms with E-state index in [0.29, 0.717) is 12.5 Å². The summed E-state index contributed by atoms with van der Waals surface area (Å²) in [6, 6.07) is 4.08. The number of nitrogens with zero attached hydrogens (tertiary/aromatic N) is 1. The lowest BCUT2D eigenvalue weighted by atomic mass is 9.95. The number of para-hydroxylation sites is 1. The number of likely N-dealkylation sites (tertiary alicyclic amines) is 1. The zero-order chi connectivity index (χ0) is 15.6. The zero-order valence-electron chi connectivity index (χ0n) is 12.2. The number of nitrogens with one attached hydrogen (secondary N) is 1. The molecule has 1 aliphatic rings. The van der Waals surface area contributed by atoms with Crippen LogP contribution in [0.3, 0.4) is 0 Å². The summed E-state index contributed by atoms with van der Waals surface area (Å²) in [5.41, 5.74) is -0.113. The van der Waals surface area contributed by atoms with E-state index in [4.69, 9.17) is 5.11 Å². The van der Waals surface area contributed by atoms with Gasteiger partial charge in [-0.05, 0) is 37.8 Å². The van der Waals surface area contributed by atoms with E-state index in [-0.39, 0.29) is 23.3 Å². The second kappa shape index (κ2) is 6.03. The van der Waals surface area contributed by atoms with Gasteiger partial charge in [0.05, 0.1) is 5.69 Å². The van der Waals surface area contributed by atoms with E-state index in [1.165, 1.54) is 18.2 Å². The Morgan fingerprint density at radius 1 is 1.29 bits per heavy atom. The van der Waals surface area contributed by atoms with Gasteiger partial charge in [0.25, 0.3) is 0 Å². The predicted molar refractivity (Wildman–Crippen MR) is 78.7 cm³/mol. The first-order chi connectivity index (χ1) is 9.90. The molecule has 2 unspecified atom stereocenters. The third-order valence-corrected chi connectivity index (χ3v) is 3.89. The van der Waals surface area contributed by atoms with Crippen molar-refractivity contribution in [1.29, 1.82) is 0 Å². The van der Waals surface area contributed by atoms with E-state index in [0.717, 1.165) is 12.8 Å². The number of carboxylic acid groups (broad SMARTS) is 1. The molecule has 2 rings (SSSR count). The first-order valence-corrected chi connectivity index (χ1v) is 7.03. The van der Waals surface area contributed by atoms with Gasteiger partial charge >= 0.3 is 12.0 Å². The van der Waals surface area contributed by atoms with Gasteiger partial charge in [0, 0.05) is 12.6 Å². The minimum atomic E-state index is -1.23. The summed E-state index contributed by atoms with van der Waals surface area (Å²) in [6.07, 6.45) is 2.03. The summed E-state index contributed by atoms with van der Waals surface area (Å²) in [5, 5.41) is 21.5. The van der Waals surface area contributed by atoms with Crippen molar-refractivity contribution in [3.63, 3.8) is 0 Å². The van der Waals surface area contributed by atoms with Gasteiger partial charge in [0.15, 0.2) is 5.75 Å². The maximum atomic E-state index is 12.3. The Hall–Kier alpha value is -2.24. The number of carboxylic acids is 1. The average molecular weight is 292 g/mol. The number of hydrogen-bond donors (Lipinski definition) is 3. The average Bonchev–Trinajstić information content (AvgIpc) is 2.43. The molecule has 0 spiro atoms. The fourth-order valence-corrected chi connectivity index (χ4v) is 2.58. The molecule has 0 aromatic heterocycles. The molecule has 0 bridgehead atoms. The van der Waals surface area contributed by atoms with Crippen LogP contribution in [0, 0.1) is 5.92 Å². The number of amides is 2. The lowest BCUT2D eigenvalue weighted by molar-refractivity contribution is 0.0693. The number of piperidine rings is 1. The number of benzene rings is 1. The van der Waals surface area contributed by atoms with Crippen LogP contribution < -0.4 is 5.32 Å². The molecule has 1 aromatic rings. The van der Waals surface area contributed by atoms with Crippen molar-refractivity contribution in [2.45, 2.75) is 32.7 Å². The van der Waals surface area contributed by atoms with E-state index in [9.17, 15) is 14.7 Å². The normalized spacial score (nSPS) is 21.9. The van der Waals surface area contributed by atoms with Crippen LogP contribution in [0.1, 0.15) is 37.0 Å². The minimum absolute atomic E-state index is 0.116. The van der Waals surface area contributed by atoms with Crippen molar-refractivity contribution >= 4 is 17.7 Å². The number of aromatic carboxylic acids is 1. The maximum Gasteiger partial charge on any atom is 0.339 e. The summed E-state index contributed by atoms with van der Waals surface area (Å²) in [6.45, 7) is 4.74. The van der Waals surface area contributed by atoms with Crippen LogP contribution in [-0.2, 0) is 0 Å². The molecule has 0 radical (unpaired) electrons. The number of anilines is 1. The SMILES string of the molecule is CC1CCC(C)N(C(=O)Nc2cccc(C(=O)O)c2O)C1. The molecule has 114 valence electrons. The van der Waals surface area contributed by atoms with Gasteiger partial charge in [0.2, 0.25) is 0 Å². The third kappa shape index (κ3) is 3.26. The van der Waals surface area contributed by atoms with Gasteiger partial charge in [-0.1, -0.05) is 13.0 Å². The Labute approximate surface area is 123 Å². The van der Waals surface area contributed by atoms with Crippen LogP contribution in [0.4, 0.5) is 10.5 Å². The predicted octanol–water partition coefficient (Wildman–Crippen LogP) is 2.74. The zero-order valence-corrected chi connectivity index (χ0v) is 12.2. The lowest BCUT2D eigenvalue weighted by Crippen LogP contribution is -2.46. The Morgan fingerprint density at radius 3 is 2.67 bits per heavy atom. The highest BCUT2D eigenvalue weighted by Crippen LogP contribution is 2.29. The Bertz CT molecular complexity index is 559. The molecule has 1 aliphatic heterocycles. The van der Waals surface area contributed by atoms with Crippen molar-refractivity contribution in [3.8, 4) is 5.75 Å². The number of urea groups is 1. The fraction of sp³-hybridized carbons (Fsp3) is 0.467. The Balaban J connectivity index is 2.16. The number of rotatable bonds is 2. The van der Waals surface area contributed by atoms with Gasteiger partial charge in [-0.15, -0.1) is 0 Å². The highest BCUT2D eigenvalue weighted by Gasteiger charge is 2.27. The number of hydrogen-bond acceptors (Lipinski definition) is 3. The molecule has 2 atom stereocenters. The number of carbonyl (C=O) groups is 2. The van der Waals surface area contributed by atoms with Crippen LogP contribution in [-0.4, -0.2) is 39.7 Å². The molecule has 0 aliphatic carbocycles. The van der Waals surface area contributed by atoms with Crippen LogP contribution in [0.5, 0.6) is 5.75 Å². The van der Waals surface area contributed by atoms with Gasteiger partial charge in [-0.25, -0.2) is 9.59 Å². The lowest BCUT2D eigenvalue weighted by Gasteiger charge is -2.36. The van der Waals surface area contributed by atoms with E-state index in [2.05, 4.69) is 12.2 Å². The molecule has 0 saturated carbocycles. The number of phenols is 1. The van der Waals surface area contributed by atoms with Crippen molar-refractivity contribution in [1.82, 2.24) is 4.90 Å². The second-order valence-corrected chi connectivity index (χ2v) is 5.62. The molecule has 1 heterocycles. The second-order valence-electron chi connectivity index (χ2n) is 5.62. The maximum absolute atomic E-state index is 12.3.